The van der Waals surface area contributed by atoms with E-state index in [0.717, 1.165) is 4.47 Å². The van der Waals surface area contributed by atoms with Crippen LogP contribution in [0.15, 0.2) is 83.3 Å². The molecule has 1 amide bonds. The molecule has 4 aromatic rings. The van der Waals surface area contributed by atoms with Gasteiger partial charge in [0.1, 0.15) is 17.2 Å². The summed E-state index contributed by atoms with van der Waals surface area (Å²) in [6, 6.07) is 23.3. The van der Waals surface area contributed by atoms with E-state index in [-0.39, 0.29) is 22.7 Å². The first-order valence-electron chi connectivity index (χ1n) is 9.39. The number of carbonyl (C=O) groups excluding carboxylic acids is 2. The molecule has 5 N–H and O–H groups in total. The number of ether oxygens (including phenoxy) is 1. The lowest BCUT2D eigenvalue weighted by Crippen LogP contribution is -2.14. The molecule has 0 atom stereocenters. The normalized spacial score (nSPS) is 10.6. The third-order valence-corrected chi connectivity index (χ3v) is 5.27. The number of rotatable bonds is 6. The van der Waals surface area contributed by atoms with E-state index < -0.39 is 5.91 Å². The van der Waals surface area contributed by atoms with E-state index in [4.69, 9.17) is 16.2 Å². The number of amides is 1. The molecule has 4 rings (SSSR count). The van der Waals surface area contributed by atoms with Crippen molar-refractivity contribution >= 4 is 33.3 Å². The van der Waals surface area contributed by atoms with Gasteiger partial charge in [-0.15, -0.1) is 0 Å². The van der Waals surface area contributed by atoms with Crippen LogP contribution < -0.4 is 16.2 Å². The minimum absolute atomic E-state index is 0.0278. The maximum absolute atomic E-state index is 13.0. The summed E-state index contributed by atoms with van der Waals surface area (Å²) in [4.78, 5) is 28.1. The summed E-state index contributed by atoms with van der Waals surface area (Å²) in [6.07, 6.45) is 0. The summed E-state index contributed by atoms with van der Waals surface area (Å²) in [5, 5.41) is 0. The van der Waals surface area contributed by atoms with E-state index in [0.29, 0.717) is 28.3 Å². The summed E-state index contributed by atoms with van der Waals surface area (Å²) in [6.45, 7) is 0. The molecule has 154 valence electrons. The average Bonchev–Trinajstić information content (AvgIpc) is 3.12. The van der Waals surface area contributed by atoms with Crippen molar-refractivity contribution in [1.29, 1.82) is 0 Å². The molecular weight excluding hydrogens is 458 g/mol. The molecule has 1 aromatic heterocycles. The molecule has 0 fully saturated rings. The van der Waals surface area contributed by atoms with Crippen LogP contribution in [0.5, 0.6) is 11.5 Å². The lowest BCUT2D eigenvalue weighted by molar-refractivity contribution is 0.100. The second kappa shape index (κ2) is 8.49. The molecule has 0 saturated heterocycles. The third kappa shape index (κ3) is 4.22. The minimum Gasteiger partial charge on any atom is -0.457 e. The van der Waals surface area contributed by atoms with Crippen LogP contribution in [0.3, 0.4) is 0 Å². The second-order valence-corrected chi connectivity index (χ2v) is 7.72. The number of hydrogen-bond acceptors (Lipinski definition) is 4. The topological polar surface area (TPSA) is 111 Å². The lowest BCUT2D eigenvalue weighted by Gasteiger charge is -2.07. The molecule has 0 aliphatic heterocycles. The number of nitrogens with one attached hydrogen (secondary N) is 1. The highest BCUT2D eigenvalue weighted by Crippen LogP contribution is 2.33. The van der Waals surface area contributed by atoms with Crippen molar-refractivity contribution in [3.8, 4) is 22.8 Å². The van der Waals surface area contributed by atoms with Crippen LogP contribution in [0.4, 0.5) is 5.69 Å². The SMILES string of the molecule is NC(=O)c1c(-c2ccc(Oc3ccccc3)cc2)[nH]c(C(=O)c2ccc(Br)cc2)c1N. The van der Waals surface area contributed by atoms with Crippen LogP contribution in [0.25, 0.3) is 11.3 Å². The number of primary amides is 1. The first-order valence-corrected chi connectivity index (χ1v) is 10.2. The van der Waals surface area contributed by atoms with Crippen LogP contribution >= 0.6 is 15.9 Å². The van der Waals surface area contributed by atoms with Gasteiger partial charge in [-0.3, -0.25) is 9.59 Å². The van der Waals surface area contributed by atoms with Crippen LogP contribution in [0, 0.1) is 0 Å². The molecule has 0 aliphatic rings. The van der Waals surface area contributed by atoms with E-state index in [9.17, 15) is 9.59 Å². The van der Waals surface area contributed by atoms with Crippen molar-refractivity contribution in [2.24, 2.45) is 5.73 Å². The Morgan fingerprint density at radius 2 is 1.45 bits per heavy atom. The number of hydrogen-bond donors (Lipinski definition) is 3. The molecule has 6 nitrogen and oxygen atoms in total. The van der Waals surface area contributed by atoms with Crippen molar-refractivity contribution in [2.45, 2.75) is 0 Å². The predicted molar refractivity (Wildman–Crippen MR) is 123 cm³/mol. The van der Waals surface area contributed by atoms with Crippen molar-refractivity contribution in [3.63, 3.8) is 0 Å². The standard InChI is InChI=1S/C24H18BrN3O3/c25-16-10-6-15(7-11-16)23(29)22-20(26)19(24(27)30)21(28-22)14-8-12-18(13-9-14)31-17-4-2-1-3-5-17/h1-13,28H,26H2,(H2,27,30). The molecule has 0 aliphatic carbocycles. The Bertz CT molecular complexity index is 1250. The molecule has 3 aromatic carbocycles. The Morgan fingerprint density at radius 3 is 2.06 bits per heavy atom. The number of H-pyrrole nitrogens is 1. The Kier molecular flexibility index (Phi) is 5.60. The smallest absolute Gasteiger partial charge is 0.253 e. The number of benzene rings is 3. The van der Waals surface area contributed by atoms with Gasteiger partial charge >= 0.3 is 0 Å². The molecule has 0 spiro atoms. The Hall–Kier alpha value is -3.84. The van der Waals surface area contributed by atoms with Crippen LogP contribution in [-0.4, -0.2) is 16.7 Å². The van der Waals surface area contributed by atoms with Crippen molar-refractivity contribution in [2.75, 3.05) is 5.73 Å². The van der Waals surface area contributed by atoms with E-state index in [1.165, 1.54) is 0 Å². The van der Waals surface area contributed by atoms with Gasteiger partial charge in [-0.05, 0) is 66.2 Å². The van der Waals surface area contributed by atoms with Crippen molar-refractivity contribution in [3.05, 3.63) is 100 Å². The lowest BCUT2D eigenvalue weighted by atomic mass is 10.0. The zero-order valence-electron chi connectivity index (χ0n) is 16.3. The fraction of sp³-hybridized carbons (Fsp3) is 0. The van der Waals surface area contributed by atoms with E-state index in [1.54, 1.807) is 48.5 Å². The predicted octanol–water partition coefficient (Wildman–Crippen LogP) is 5.15. The van der Waals surface area contributed by atoms with Gasteiger partial charge in [0, 0.05) is 10.0 Å². The van der Waals surface area contributed by atoms with E-state index in [2.05, 4.69) is 20.9 Å². The number of nitrogen functional groups attached to an aromatic ring is 1. The van der Waals surface area contributed by atoms with Gasteiger partial charge in [-0.1, -0.05) is 34.1 Å². The zero-order valence-corrected chi connectivity index (χ0v) is 17.8. The van der Waals surface area contributed by atoms with Gasteiger partial charge in [0.2, 0.25) is 5.78 Å². The highest BCUT2D eigenvalue weighted by atomic mass is 79.9. The minimum atomic E-state index is -0.719. The Balaban J connectivity index is 1.69. The highest BCUT2D eigenvalue weighted by Gasteiger charge is 2.25. The third-order valence-electron chi connectivity index (χ3n) is 4.74. The number of ketones is 1. The fourth-order valence-electron chi connectivity index (χ4n) is 3.23. The fourth-order valence-corrected chi connectivity index (χ4v) is 3.49. The largest absolute Gasteiger partial charge is 0.457 e. The Morgan fingerprint density at radius 1 is 0.839 bits per heavy atom. The first-order chi connectivity index (χ1) is 14.9. The number of anilines is 1. The van der Waals surface area contributed by atoms with E-state index >= 15 is 0 Å². The number of nitrogens with two attached hydrogens (primary N) is 2. The van der Waals surface area contributed by atoms with Gasteiger partial charge in [-0.2, -0.15) is 0 Å². The maximum atomic E-state index is 13.0. The first kappa shape index (κ1) is 20.4. The maximum Gasteiger partial charge on any atom is 0.253 e. The van der Waals surface area contributed by atoms with Crippen LogP contribution in [-0.2, 0) is 0 Å². The van der Waals surface area contributed by atoms with Crippen molar-refractivity contribution in [1.82, 2.24) is 4.98 Å². The molecule has 31 heavy (non-hydrogen) atoms. The molecular formula is C24H18BrN3O3. The second-order valence-electron chi connectivity index (χ2n) is 6.80. The van der Waals surface area contributed by atoms with Crippen LogP contribution in [0.2, 0.25) is 0 Å². The zero-order chi connectivity index (χ0) is 22.0. The molecule has 7 heteroatoms. The monoisotopic (exact) mass is 475 g/mol. The van der Waals surface area contributed by atoms with Gasteiger partial charge < -0.3 is 21.2 Å². The van der Waals surface area contributed by atoms with E-state index in [1.807, 2.05) is 30.3 Å². The molecule has 0 radical (unpaired) electrons. The summed E-state index contributed by atoms with van der Waals surface area (Å²) in [5.74, 6) is 0.284. The number of carbonyl (C=O) groups is 2. The van der Waals surface area contributed by atoms with Gasteiger partial charge in [0.05, 0.1) is 16.9 Å². The van der Waals surface area contributed by atoms with Gasteiger partial charge in [0.25, 0.3) is 5.91 Å². The summed E-state index contributed by atoms with van der Waals surface area (Å²) >= 11 is 3.34. The van der Waals surface area contributed by atoms with Gasteiger partial charge in [0.15, 0.2) is 0 Å². The van der Waals surface area contributed by atoms with Crippen LogP contribution in [0.1, 0.15) is 26.4 Å². The number of aromatic amines is 1. The summed E-state index contributed by atoms with van der Waals surface area (Å²) in [7, 11) is 0. The Labute approximate surface area is 187 Å². The molecule has 0 unspecified atom stereocenters. The molecule has 0 saturated carbocycles. The van der Waals surface area contributed by atoms with Gasteiger partial charge in [-0.25, -0.2) is 0 Å². The average molecular weight is 476 g/mol. The summed E-state index contributed by atoms with van der Waals surface area (Å²) < 4.78 is 6.64. The quantitative estimate of drug-likeness (QED) is 0.334. The molecule has 0 bridgehead atoms. The number of para-hydroxylation sites is 1. The highest BCUT2D eigenvalue weighted by molar-refractivity contribution is 9.10. The number of halogens is 1. The van der Waals surface area contributed by atoms with Crippen molar-refractivity contribution < 1.29 is 14.3 Å². The molecule has 1 heterocycles. The summed E-state index contributed by atoms with van der Waals surface area (Å²) in [5.41, 5.74) is 13.4. The number of aromatic nitrogens is 1.